The van der Waals surface area contributed by atoms with Crippen LogP contribution < -0.4 is 0 Å². The molecule has 0 aromatic heterocycles. The number of rotatable bonds is 5. The lowest BCUT2D eigenvalue weighted by Gasteiger charge is -2.32. The summed E-state index contributed by atoms with van der Waals surface area (Å²) in [5, 5.41) is 20.5. The maximum Gasteiger partial charge on any atom is 0.275 e. The number of nitrogens with zero attached hydrogens (tertiary/aromatic N) is 2. The number of nitro groups is 1. The van der Waals surface area contributed by atoms with E-state index in [0.717, 1.165) is 32.4 Å². The summed E-state index contributed by atoms with van der Waals surface area (Å²) in [5.41, 5.74) is 0.783. The zero-order valence-corrected chi connectivity index (χ0v) is 12.1. The van der Waals surface area contributed by atoms with Crippen molar-refractivity contribution in [3.8, 4) is 0 Å². The zero-order valence-electron chi connectivity index (χ0n) is 11.3. The lowest BCUT2D eigenvalue weighted by Crippen LogP contribution is -2.35. The Morgan fingerprint density at radius 3 is 3.00 bits per heavy atom. The van der Waals surface area contributed by atoms with E-state index in [1.807, 2.05) is 0 Å². The van der Waals surface area contributed by atoms with Gasteiger partial charge >= 0.3 is 0 Å². The van der Waals surface area contributed by atoms with Crippen LogP contribution in [-0.2, 0) is 6.54 Å². The molecule has 0 saturated carbocycles. The number of aliphatic hydroxyl groups is 1. The van der Waals surface area contributed by atoms with Gasteiger partial charge in [-0.25, -0.2) is 0 Å². The van der Waals surface area contributed by atoms with Gasteiger partial charge in [0.2, 0.25) is 0 Å². The van der Waals surface area contributed by atoms with E-state index in [9.17, 15) is 10.1 Å². The molecule has 1 aromatic rings. The van der Waals surface area contributed by atoms with Crippen molar-refractivity contribution in [1.29, 1.82) is 0 Å². The Kier molecular flexibility index (Phi) is 5.34. The highest BCUT2D eigenvalue weighted by molar-refractivity contribution is 6.30. The van der Waals surface area contributed by atoms with Gasteiger partial charge in [0.1, 0.15) is 0 Å². The summed E-state index contributed by atoms with van der Waals surface area (Å²) in [4.78, 5) is 12.9. The molecule has 1 atom stereocenters. The smallest absolute Gasteiger partial charge is 0.275 e. The van der Waals surface area contributed by atoms with Gasteiger partial charge in [0.15, 0.2) is 0 Å². The average molecular weight is 299 g/mol. The average Bonchev–Trinajstić information content (AvgIpc) is 2.41. The molecule has 1 saturated heterocycles. The van der Waals surface area contributed by atoms with E-state index in [4.69, 9.17) is 16.7 Å². The Morgan fingerprint density at radius 1 is 1.50 bits per heavy atom. The summed E-state index contributed by atoms with van der Waals surface area (Å²) in [6.07, 6.45) is 3.00. The van der Waals surface area contributed by atoms with Gasteiger partial charge in [0.25, 0.3) is 5.69 Å². The Morgan fingerprint density at radius 2 is 2.30 bits per heavy atom. The Hall–Kier alpha value is -1.17. The van der Waals surface area contributed by atoms with Crippen molar-refractivity contribution < 1.29 is 10.0 Å². The maximum absolute atomic E-state index is 11.1. The first-order chi connectivity index (χ1) is 9.60. The highest BCUT2D eigenvalue weighted by Crippen LogP contribution is 2.27. The SMILES string of the molecule is O=[N+]([O-])c1cc(Cl)ccc1CN1CCCC(CCO)C1. The van der Waals surface area contributed by atoms with Crippen LogP contribution in [0.25, 0.3) is 0 Å². The monoisotopic (exact) mass is 298 g/mol. The number of benzene rings is 1. The number of piperidine rings is 1. The fraction of sp³-hybridized carbons (Fsp3) is 0.571. The fourth-order valence-electron chi connectivity index (χ4n) is 2.79. The molecular weight excluding hydrogens is 280 g/mol. The van der Waals surface area contributed by atoms with Crippen LogP contribution in [0.5, 0.6) is 0 Å². The van der Waals surface area contributed by atoms with Crippen LogP contribution in [0.1, 0.15) is 24.8 Å². The molecule has 20 heavy (non-hydrogen) atoms. The van der Waals surface area contributed by atoms with Crippen molar-refractivity contribution in [3.05, 3.63) is 38.9 Å². The highest BCUT2D eigenvalue weighted by Gasteiger charge is 2.22. The molecule has 0 aliphatic carbocycles. The topological polar surface area (TPSA) is 66.6 Å². The van der Waals surface area contributed by atoms with Crippen molar-refractivity contribution in [2.75, 3.05) is 19.7 Å². The van der Waals surface area contributed by atoms with Gasteiger partial charge in [-0.2, -0.15) is 0 Å². The third kappa shape index (κ3) is 3.91. The van der Waals surface area contributed by atoms with Crippen LogP contribution >= 0.6 is 11.6 Å². The highest BCUT2D eigenvalue weighted by atomic mass is 35.5. The second-order valence-corrected chi connectivity index (χ2v) is 5.72. The van der Waals surface area contributed by atoms with Crippen LogP contribution in [0.4, 0.5) is 5.69 Å². The Bertz CT molecular complexity index is 479. The summed E-state index contributed by atoms with van der Waals surface area (Å²) < 4.78 is 0. The first-order valence-electron chi connectivity index (χ1n) is 6.86. The van der Waals surface area contributed by atoms with Crippen molar-refractivity contribution in [3.63, 3.8) is 0 Å². The number of aliphatic hydroxyl groups excluding tert-OH is 1. The Labute approximate surface area is 123 Å². The first kappa shape index (κ1) is 15.2. The van der Waals surface area contributed by atoms with E-state index < -0.39 is 0 Å². The minimum absolute atomic E-state index is 0.0850. The summed E-state index contributed by atoms with van der Waals surface area (Å²) in [6, 6.07) is 4.83. The molecule has 2 rings (SSSR count). The van der Waals surface area contributed by atoms with Gasteiger partial charge in [-0.15, -0.1) is 0 Å². The Balaban J connectivity index is 2.07. The molecule has 110 valence electrons. The molecule has 1 heterocycles. The predicted octanol–water partition coefficient (Wildman–Crippen LogP) is 2.84. The van der Waals surface area contributed by atoms with Gasteiger partial charge in [0.05, 0.1) is 4.92 Å². The third-order valence-electron chi connectivity index (χ3n) is 3.78. The summed E-state index contributed by atoms with van der Waals surface area (Å²) >= 11 is 5.82. The lowest BCUT2D eigenvalue weighted by atomic mass is 9.95. The molecule has 0 spiro atoms. The van der Waals surface area contributed by atoms with Crippen LogP contribution in [0.3, 0.4) is 0 Å². The van der Waals surface area contributed by atoms with Crippen molar-refractivity contribution in [2.45, 2.75) is 25.8 Å². The van der Waals surface area contributed by atoms with E-state index in [1.54, 1.807) is 12.1 Å². The van der Waals surface area contributed by atoms with Crippen molar-refractivity contribution in [2.24, 2.45) is 5.92 Å². The quantitative estimate of drug-likeness (QED) is 0.670. The zero-order chi connectivity index (χ0) is 14.5. The van der Waals surface area contributed by atoms with Gasteiger partial charge in [-0.05, 0) is 43.9 Å². The second kappa shape index (κ2) is 7.02. The van der Waals surface area contributed by atoms with Gasteiger partial charge in [-0.1, -0.05) is 11.6 Å². The fourth-order valence-corrected chi connectivity index (χ4v) is 2.96. The van der Waals surface area contributed by atoms with Crippen LogP contribution in [0, 0.1) is 16.0 Å². The maximum atomic E-state index is 11.1. The molecule has 0 radical (unpaired) electrons. The molecule has 1 aliphatic heterocycles. The number of likely N-dealkylation sites (tertiary alicyclic amines) is 1. The van der Waals surface area contributed by atoms with Crippen LogP contribution in [0.2, 0.25) is 5.02 Å². The van der Waals surface area contributed by atoms with E-state index >= 15 is 0 Å². The minimum Gasteiger partial charge on any atom is -0.396 e. The van der Waals surface area contributed by atoms with E-state index in [2.05, 4.69) is 4.90 Å². The summed E-state index contributed by atoms with van der Waals surface area (Å²) in [7, 11) is 0. The molecular formula is C14H19ClN2O3. The van der Waals surface area contributed by atoms with Crippen molar-refractivity contribution >= 4 is 17.3 Å². The summed E-state index contributed by atoms with van der Waals surface area (Å²) in [5.74, 6) is 0.486. The van der Waals surface area contributed by atoms with Gasteiger partial charge in [0, 0.05) is 36.3 Å². The molecule has 1 aromatic carbocycles. The van der Waals surface area contributed by atoms with Gasteiger partial charge in [-0.3, -0.25) is 15.0 Å². The molecule has 1 N–H and O–H groups in total. The molecule has 1 aliphatic rings. The van der Waals surface area contributed by atoms with Crippen molar-refractivity contribution in [1.82, 2.24) is 4.90 Å². The predicted molar refractivity (Wildman–Crippen MR) is 77.8 cm³/mol. The third-order valence-corrected chi connectivity index (χ3v) is 4.01. The number of hydrogen-bond acceptors (Lipinski definition) is 4. The van der Waals surface area contributed by atoms with Crippen LogP contribution in [0.15, 0.2) is 18.2 Å². The molecule has 6 heteroatoms. The van der Waals surface area contributed by atoms with Crippen LogP contribution in [-0.4, -0.2) is 34.6 Å². The normalized spacial score (nSPS) is 20.0. The van der Waals surface area contributed by atoms with E-state index in [-0.39, 0.29) is 17.2 Å². The minimum atomic E-state index is -0.379. The molecule has 1 unspecified atom stereocenters. The molecule has 1 fully saturated rings. The number of nitro benzene ring substituents is 1. The standard InChI is InChI=1S/C14H19ClN2O3/c15-13-4-3-12(14(8-13)17(19)20)10-16-6-1-2-11(9-16)5-7-18/h3-4,8,11,18H,1-2,5-7,9-10H2. The number of hydrogen-bond donors (Lipinski definition) is 1. The van der Waals surface area contributed by atoms with E-state index in [1.165, 1.54) is 6.07 Å². The molecule has 0 amide bonds. The van der Waals surface area contributed by atoms with E-state index in [0.29, 0.717) is 23.0 Å². The first-order valence-corrected chi connectivity index (χ1v) is 7.24. The summed E-state index contributed by atoms with van der Waals surface area (Å²) in [6.45, 7) is 2.61. The van der Waals surface area contributed by atoms with Gasteiger partial charge < -0.3 is 5.11 Å². The number of halogens is 1. The molecule has 0 bridgehead atoms. The lowest BCUT2D eigenvalue weighted by molar-refractivity contribution is -0.385. The second-order valence-electron chi connectivity index (χ2n) is 5.29. The molecule has 5 nitrogen and oxygen atoms in total. The largest absolute Gasteiger partial charge is 0.396 e.